The predicted octanol–water partition coefficient (Wildman–Crippen LogP) is 0.856. The normalized spacial score (nSPS) is 18.4. The highest BCUT2D eigenvalue weighted by Gasteiger charge is 2.31. The molecule has 1 fully saturated rings. The van der Waals surface area contributed by atoms with Crippen molar-refractivity contribution in [2.75, 3.05) is 39.4 Å². The SMILES string of the molecule is Cc1cccc(C[NH+]2CCN(S(=O)(=O)c3ccc4c(c3)OCCO4)CC2)c1. The summed E-state index contributed by atoms with van der Waals surface area (Å²) >= 11 is 0. The van der Waals surface area contributed by atoms with E-state index in [-0.39, 0.29) is 4.90 Å². The molecule has 0 spiro atoms. The molecular weight excluding hydrogens is 364 g/mol. The Morgan fingerprint density at radius 2 is 1.74 bits per heavy atom. The highest BCUT2D eigenvalue weighted by Crippen LogP contribution is 2.33. The predicted molar refractivity (Wildman–Crippen MR) is 102 cm³/mol. The molecule has 2 aliphatic heterocycles. The van der Waals surface area contributed by atoms with Gasteiger partial charge in [-0.25, -0.2) is 8.42 Å². The zero-order valence-electron chi connectivity index (χ0n) is 15.5. The fraction of sp³-hybridized carbons (Fsp3) is 0.400. The fourth-order valence-corrected chi connectivity index (χ4v) is 5.12. The van der Waals surface area contributed by atoms with Crippen molar-refractivity contribution in [3.63, 3.8) is 0 Å². The summed E-state index contributed by atoms with van der Waals surface area (Å²) in [4.78, 5) is 1.68. The molecule has 0 aromatic heterocycles. The zero-order valence-corrected chi connectivity index (χ0v) is 16.3. The number of ether oxygens (including phenoxy) is 2. The van der Waals surface area contributed by atoms with Crippen LogP contribution in [-0.2, 0) is 16.6 Å². The third-order valence-corrected chi connectivity index (χ3v) is 7.01. The Balaban J connectivity index is 1.42. The minimum atomic E-state index is -3.51. The Morgan fingerprint density at radius 1 is 1.00 bits per heavy atom. The molecule has 2 aliphatic rings. The Kier molecular flexibility index (Phi) is 5.08. The summed E-state index contributed by atoms with van der Waals surface area (Å²) in [5.41, 5.74) is 2.56. The van der Waals surface area contributed by atoms with Gasteiger partial charge in [-0.15, -0.1) is 0 Å². The van der Waals surface area contributed by atoms with Gasteiger partial charge in [-0.3, -0.25) is 0 Å². The maximum absolute atomic E-state index is 13.0. The third-order valence-electron chi connectivity index (χ3n) is 5.12. The Hall–Kier alpha value is -2.09. The van der Waals surface area contributed by atoms with Gasteiger partial charge in [0.1, 0.15) is 19.8 Å². The summed E-state index contributed by atoms with van der Waals surface area (Å²) in [6.07, 6.45) is 0. The van der Waals surface area contributed by atoms with Crippen molar-refractivity contribution in [1.82, 2.24) is 4.31 Å². The van der Waals surface area contributed by atoms with Crippen molar-refractivity contribution in [2.45, 2.75) is 18.4 Å². The first-order valence-corrected chi connectivity index (χ1v) is 10.8. The molecule has 0 bridgehead atoms. The van der Waals surface area contributed by atoms with Crippen LogP contribution >= 0.6 is 0 Å². The number of hydrogen-bond donors (Lipinski definition) is 1. The van der Waals surface area contributed by atoms with Crippen LogP contribution in [0.2, 0.25) is 0 Å². The molecule has 2 aromatic carbocycles. The van der Waals surface area contributed by atoms with E-state index in [0.717, 1.165) is 19.6 Å². The first kappa shape index (κ1) is 18.3. The molecule has 2 aromatic rings. The van der Waals surface area contributed by atoms with Crippen LogP contribution in [0.5, 0.6) is 11.5 Å². The molecule has 0 amide bonds. The van der Waals surface area contributed by atoms with E-state index >= 15 is 0 Å². The largest absolute Gasteiger partial charge is 0.486 e. The highest BCUT2D eigenvalue weighted by molar-refractivity contribution is 7.89. The number of benzene rings is 2. The number of nitrogens with zero attached hydrogens (tertiary/aromatic N) is 1. The van der Waals surface area contributed by atoms with Crippen LogP contribution in [0.25, 0.3) is 0 Å². The van der Waals surface area contributed by atoms with Crippen molar-refractivity contribution in [3.8, 4) is 11.5 Å². The highest BCUT2D eigenvalue weighted by atomic mass is 32.2. The summed E-state index contributed by atoms with van der Waals surface area (Å²) in [5.74, 6) is 1.11. The van der Waals surface area contributed by atoms with E-state index < -0.39 is 10.0 Å². The van der Waals surface area contributed by atoms with E-state index in [1.54, 1.807) is 22.5 Å². The number of nitrogens with one attached hydrogen (secondary N) is 1. The molecule has 27 heavy (non-hydrogen) atoms. The Morgan fingerprint density at radius 3 is 2.48 bits per heavy atom. The van der Waals surface area contributed by atoms with Gasteiger partial charge in [-0.2, -0.15) is 4.31 Å². The first-order chi connectivity index (χ1) is 13.0. The van der Waals surface area contributed by atoms with Crippen molar-refractivity contribution in [2.24, 2.45) is 0 Å². The number of quaternary nitrogens is 1. The van der Waals surface area contributed by atoms with Crippen molar-refractivity contribution >= 4 is 10.0 Å². The lowest BCUT2D eigenvalue weighted by atomic mass is 10.1. The summed E-state index contributed by atoms with van der Waals surface area (Å²) < 4.78 is 38.6. The van der Waals surface area contributed by atoms with E-state index in [4.69, 9.17) is 9.47 Å². The second-order valence-corrected chi connectivity index (χ2v) is 9.06. The van der Waals surface area contributed by atoms with E-state index in [9.17, 15) is 8.42 Å². The van der Waals surface area contributed by atoms with Gasteiger partial charge in [0.05, 0.1) is 31.1 Å². The molecule has 0 aliphatic carbocycles. The Labute approximate surface area is 160 Å². The number of sulfonamides is 1. The Bertz CT molecular complexity index is 921. The summed E-state index contributed by atoms with van der Waals surface area (Å²) in [6, 6.07) is 13.4. The van der Waals surface area contributed by atoms with E-state index in [0.29, 0.717) is 37.8 Å². The first-order valence-electron chi connectivity index (χ1n) is 9.31. The smallest absolute Gasteiger partial charge is 0.243 e. The fourth-order valence-electron chi connectivity index (χ4n) is 3.66. The second-order valence-electron chi connectivity index (χ2n) is 7.13. The summed E-state index contributed by atoms with van der Waals surface area (Å²) in [6.45, 7) is 6.61. The molecule has 0 unspecified atom stereocenters. The molecule has 2 heterocycles. The number of aryl methyl sites for hydroxylation is 1. The van der Waals surface area contributed by atoms with Crippen LogP contribution in [0.1, 0.15) is 11.1 Å². The summed E-state index contributed by atoms with van der Waals surface area (Å²) in [5, 5.41) is 0. The van der Waals surface area contributed by atoms with Gasteiger partial charge in [0, 0.05) is 11.6 Å². The van der Waals surface area contributed by atoms with E-state index in [2.05, 4.69) is 31.2 Å². The minimum absolute atomic E-state index is 0.272. The maximum atomic E-state index is 13.0. The third kappa shape index (κ3) is 3.95. The average molecular weight is 389 g/mol. The van der Waals surface area contributed by atoms with Gasteiger partial charge < -0.3 is 14.4 Å². The van der Waals surface area contributed by atoms with Crippen LogP contribution in [0.3, 0.4) is 0 Å². The number of piperazine rings is 1. The minimum Gasteiger partial charge on any atom is -0.486 e. The molecule has 7 heteroatoms. The zero-order chi connectivity index (χ0) is 18.9. The van der Waals surface area contributed by atoms with Gasteiger partial charge >= 0.3 is 0 Å². The molecule has 1 N–H and O–H groups in total. The number of hydrogen-bond acceptors (Lipinski definition) is 4. The second kappa shape index (κ2) is 7.50. The molecule has 6 nitrogen and oxygen atoms in total. The van der Waals surface area contributed by atoms with Crippen molar-refractivity contribution in [1.29, 1.82) is 0 Å². The van der Waals surface area contributed by atoms with Crippen molar-refractivity contribution in [3.05, 3.63) is 53.6 Å². The van der Waals surface area contributed by atoms with Crippen molar-refractivity contribution < 1.29 is 22.8 Å². The monoisotopic (exact) mass is 389 g/mol. The lowest BCUT2D eigenvalue weighted by Crippen LogP contribution is -3.13. The quantitative estimate of drug-likeness (QED) is 0.843. The van der Waals surface area contributed by atoms with E-state index in [1.165, 1.54) is 16.0 Å². The number of fused-ring (bicyclic) bond motifs is 1. The van der Waals surface area contributed by atoms with Gasteiger partial charge in [0.2, 0.25) is 10.0 Å². The standard InChI is InChI=1S/C20H24N2O4S/c1-16-3-2-4-17(13-16)15-21-7-9-22(10-8-21)27(23,24)18-5-6-19-20(14-18)26-12-11-25-19/h2-6,13-14H,7-12,15H2,1H3/p+1. The summed E-state index contributed by atoms with van der Waals surface area (Å²) in [7, 11) is -3.51. The lowest BCUT2D eigenvalue weighted by Gasteiger charge is -2.31. The molecule has 4 rings (SSSR count). The molecule has 0 radical (unpaired) electrons. The molecule has 1 saturated heterocycles. The van der Waals surface area contributed by atoms with Gasteiger partial charge in [0.25, 0.3) is 0 Å². The molecule has 0 saturated carbocycles. The van der Waals surface area contributed by atoms with E-state index in [1.807, 2.05) is 0 Å². The molecule has 0 atom stereocenters. The average Bonchev–Trinajstić information content (AvgIpc) is 2.68. The topological polar surface area (TPSA) is 60.3 Å². The number of rotatable bonds is 4. The van der Waals surface area contributed by atoms with Gasteiger partial charge in [-0.05, 0) is 19.1 Å². The van der Waals surface area contributed by atoms with Gasteiger partial charge in [0.15, 0.2) is 11.5 Å². The molecular formula is C20H25N2O4S+. The van der Waals surface area contributed by atoms with Crippen LogP contribution in [0.15, 0.2) is 47.4 Å². The maximum Gasteiger partial charge on any atom is 0.243 e. The lowest BCUT2D eigenvalue weighted by molar-refractivity contribution is -0.917. The van der Waals surface area contributed by atoms with Crippen LogP contribution in [0.4, 0.5) is 0 Å². The molecule has 144 valence electrons. The van der Waals surface area contributed by atoms with Crippen LogP contribution in [0, 0.1) is 6.92 Å². The van der Waals surface area contributed by atoms with Crippen LogP contribution < -0.4 is 14.4 Å². The van der Waals surface area contributed by atoms with Gasteiger partial charge in [-0.1, -0.05) is 29.8 Å². The van der Waals surface area contributed by atoms with Crippen LogP contribution in [-0.4, -0.2) is 52.1 Å².